The van der Waals surface area contributed by atoms with Crippen LogP contribution in [0.3, 0.4) is 0 Å². The lowest BCUT2D eigenvalue weighted by molar-refractivity contribution is -0.137. The predicted molar refractivity (Wildman–Crippen MR) is 80.7 cm³/mol. The zero-order valence-corrected chi connectivity index (χ0v) is 11.7. The molecule has 0 fully saturated rings. The zero-order valence-electron chi connectivity index (χ0n) is 10.9. The molecule has 3 nitrogen and oxygen atoms in total. The molecule has 2 rings (SSSR count). The van der Waals surface area contributed by atoms with Crippen molar-refractivity contribution in [3.63, 3.8) is 0 Å². The fraction of sp³-hybridized carbons (Fsp3) is 0.188. The van der Waals surface area contributed by atoms with Crippen LogP contribution in [-0.4, -0.2) is 11.1 Å². The summed E-state index contributed by atoms with van der Waals surface area (Å²) in [6.45, 7) is 0. The molecule has 0 aliphatic heterocycles. The van der Waals surface area contributed by atoms with Crippen LogP contribution in [0.4, 0.5) is 0 Å². The minimum Gasteiger partial charge on any atom is -0.481 e. The zero-order chi connectivity index (χ0) is 14.5. The number of hydrogen-bond acceptors (Lipinski definition) is 2. The number of halogens is 1. The van der Waals surface area contributed by atoms with Crippen LogP contribution in [0.15, 0.2) is 48.5 Å². The first kappa shape index (κ1) is 14.6. The second kappa shape index (κ2) is 6.55. The normalized spacial score (nSPS) is 12.1. The van der Waals surface area contributed by atoms with Gasteiger partial charge < -0.3 is 10.8 Å². The van der Waals surface area contributed by atoms with Crippen molar-refractivity contribution in [2.75, 3.05) is 0 Å². The van der Waals surface area contributed by atoms with Crippen LogP contribution in [0.25, 0.3) is 11.1 Å². The van der Waals surface area contributed by atoms with E-state index in [1.807, 2.05) is 48.5 Å². The Labute approximate surface area is 123 Å². The molecule has 0 heterocycles. The first-order chi connectivity index (χ1) is 9.56. The number of nitrogens with two attached hydrogens (primary N) is 1. The Morgan fingerprint density at radius 2 is 1.85 bits per heavy atom. The number of hydrogen-bond donors (Lipinski definition) is 2. The summed E-state index contributed by atoms with van der Waals surface area (Å²) in [6, 6.07) is 15.2. The summed E-state index contributed by atoms with van der Waals surface area (Å²) < 4.78 is 0. The van der Waals surface area contributed by atoms with Crippen molar-refractivity contribution in [1.82, 2.24) is 0 Å². The van der Waals surface area contributed by atoms with Crippen LogP contribution in [0, 0.1) is 0 Å². The van der Waals surface area contributed by atoms with Crippen molar-refractivity contribution < 1.29 is 9.90 Å². The van der Waals surface area contributed by atoms with E-state index < -0.39 is 5.97 Å². The van der Waals surface area contributed by atoms with Gasteiger partial charge in [-0.3, -0.25) is 4.79 Å². The van der Waals surface area contributed by atoms with Crippen molar-refractivity contribution in [2.24, 2.45) is 5.73 Å². The Bertz CT molecular complexity index is 596. The Balaban J connectivity index is 2.12. The molecule has 0 aliphatic rings. The Hall–Kier alpha value is -1.84. The van der Waals surface area contributed by atoms with E-state index in [-0.39, 0.29) is 12.5 Å². The predicted octanol–water partition coefficient (Wildman–Crippen LogP) is 3.87. The minimum atomic E-state index is -0.823. The second-order valence-electron chi connectivity index (χ2n) is 4.67. The van der Waals surface area contributed by atoms with Gasteiger partial charge in [-0.05, 0) is 35.2 Å². The lowest BCUT2D eigenvalue weighted by Gasteiger charge is -2.11. The Morgan fingerprint density at radius 1 is 1.15 bits per heavy atom. The van der Waals surface area contributed by atoms with Gasteiger partial charge in [0.2, 0.25) is 0 Å². The van der Waals surface area contributed by atoms with Gasteiger partial charge in [0, 0.05) is 17.5 Å². The maximum atomic E-state index is 10.5. The highest BCUT2D eigenvalue weighted by Crippen LogP contribution is 2.25. The summed E-state index contributed by atoms with van der Waals surface area (Å²) in [5.74, 6) is -0.823. The maximum Gasteiger partial charge on any atom is 0.303 e. The summed E-state index contributed by atoms with van der Waals surface area (Å²) in [4.78, 5) is 10.5. The van der Waals surface area contributed by atoms with Crippen molar-refractivity contribution in [2.45, 2.75) is 18.9 Å². The fourth-order valence-corrected chi connectivity index (χ4v) is 2.23. The van der Waals surface area contributed by atoms with Crippen molar-refractivity contribution in [3.8, 4) is 11.1 Å². The van der Waals surface area contributed by atoms with Crippen molar-refractivity contribution in [3.05, 3.63) is 59.1 Å². The molecule has 0 saturated heterocycles. The molecular weight excluding hydrogens is 274 g/mol. The molecule has 3 N–H and O–H groups in total. The van der Waals surface area contributed by atoms with Crippen LogP contribution in [0.1, 0.15) is 24.4 Å². The summed E-state index contributed by atoms with van der Waals surface area (Å²) in [6.07, 6.45) is 0.517. The van der Waals surface area contributed by atoms with E-state index in [9.17, 15) is 4.79 Å². The average Bonchev–Trinajstić information content (AvgIpc) is 2.45. The van der Waals surface area contributed by atoms with Gasteiger partial charge in [0.05, 0.1) is 0 Å². The molecule has 0 aromatic heterocycles. The quantitative estimate of drug-likeness (QED) is 0.878. The number of benzene rings is 2. The van der Waals surface area contributed by atoms with Gasteiger partial charge in [-0.1, -0.05) is 48.0 Å². The maximum absolute atomic E-state index is 10.5. The Kier molecular flexibility index (Phi) is 4.77. The fourth-order valence-electron chi connectivity index (χ4n) is 2.04. The molecule has 0 radical (unpaired) electrons. The van der Waals surface area contributed by atoms with E-state index in [4.69, 9.17) is 22.4 Å². The van der Waals surface area contributed by atoms with E-state index >= 15 is 0 Å². The third kappa shape index (κ3) is 3.83. The molecule has 20 heavy (non-hydrogen) atoms. The number of carboxylic acids is 1. The van der Waals surface area contributed by atoms with Crippen LogP contribution in [0.2, 0.25) is 5.02 Å². The highest BCUT2D eigenvalue weighted by atomic mass is 35.5. The minimum absolute atomic E-state index is 0.0806. The van der Waals surface area contributed by atoms with Crippen LogP contribution in [-0.2, 0) is 4.79 Å². The number of rotatable bonds is 5. The molecule has 1 atom stereocenters. The lowest BCUT2D eigenvalue weighted by atomic mass is 9.99. The molecule has 1 unspecified atom stereocenters. The van der Waals surface area contributed by atoms with Gasteiger partial charge in [-0.25, -0.2) is 0 Å². The molecular formula is C16H16ClNO2. The average molecular weight is 290 g/mol. The van der Waals surface area contributed by atoms with Gasteiger partial charge in [0.15, 0.2) is 0 Å². The van der Waals surface area contributed by atoms with E-state index in [1.165, 1.54) is 0 Å². The molecule has 0 amide bonds. The smallest absolute Gasteiger partial charge is 0.303 e. The molecule has 104 valence electrons. The van der Waals surface area contributed by atoms with Gasteiger partial charge in [-0.2, -0.15) is 0 Å². The van der Waals surface area contributed by atoms with Crippen molar-refractivity contribution in [1.29, 1.82) is 0 Å². The lowest BCUT2D eigenvalue weighted by Crippen LogP contribution is -2.12. The third-order valence-corrected chi connectivity index (χ3v) is 3.40. The molecule has 2 aromatic carbocycles. The number of aliphatic carboxylic acids is 1. The molecule has 4 heteroatoms. The first-order valence-electron chi connectivity index (χ1n) is 6.39. The topological polar surface area (TPSA) is 63.3 Å². The highest BCUT2D eigenvalue weighted by molar-refractivity contribution is 6.30. The monoisotopic (exact) mass is 289 g/mol. The Morgan fingerprint density at radius 3 is 2.45 bits per heavy atom. The van der Waals surface area contributed by atoms with Gasteiger partial charge in [0.25, 0.3) is 0 Å². The largest absolute Gasteiger partial charge is 0.481 e. The van der Waals surface area contributed by atoms with E-state index in [1.54, 1.807) is 0 Å². The molecule has 0 aliphatic carbocycles. The van der Waals surface area contributed by atoms with E-state index in [0.29, 0.717) is 11.4 Å². The molecule has 0 spiro atoms. The highest BCUT2D eigenvalue weighted by Gasteiger charge is 2.08. The molecule has 0 saturated carbocycles. The van der Waals surface area contributed by atoms with E-state index in [0.717, 1.165) is 16.7 Å². The summed E-state index contributed by atoms with van der Waals surface area (Å²) >= 11 is 5.97. The SMILES string of the molecule is NC(CCC(=O)O)c1ccc(-c2cccc(Cl)c2)cc1. The van der Waals surface area contributed by atoms with Crippen molar-refractivity contribution >= 4 is 17.6 Å². The number of carboxylic acid groups (broad SMARTS) is 1. The third-order valence-electron chi connectivity index (χ3n) is 3.17. The van der Waals surface area contributed by atoms with Crippen LogP contribution >= 0.6 is 11.6 Å². The second-order valence-corrected chi connectivity index (χ2v) is 5.11. The van der Waals surface area contributed by atoms with E-state index in [2.05, 4.69) is 0 Å². The summed E-state index contributed by atoms with van der Waals surface area (Å²) in [5.41, 5.74) is 9.02. The molecule has 2 aromatic rings. The van der Waals surface area contributed by atoms with Crippen LogP contribution < -0.4 is 5.73 Å². The first-order valence-corrected chi connectivity index (χ1v) is 6.77. The number of carbonyl (C=O) groups is 1. The van der Waals surface area contributed by atoms with Crippen LogP contribution in [0.5, 0.6) is 0 Å². The summed E-state index contributed by atoms with van der Waals surface area (Å²) in [7, 11) is 0. The van der Waals surface area contributed by atoms with Gasteiger partial charge >= 0.3 is 5.97 Å². The summed E-state index contributed by atoms with van der Waals surface area (Å²) in [5, 5.41) is 9.36. The molecule has 0 bridgehead atoms. The van der Waals surface area contributed by atoms with Gasteiger partial charge in [-0.15, -0.1) is 0 Å². The standard InChI is InChI=1S/C16H16ClNO2/c17-14-3-1-2-13(10-14)11-4-6-12(7-5-11)15(18)8-9-16(19)20/h1-7,10,15H,8-9,18H2,(H,19,20). The van der Waals surface area contributed by atoms with Gasteiger partial charge in [0.1, 0.15) is 0 Å².